The van der Waals surface area contributed by atoms with Gasteiger partial charge in [-0.2, -0.15) is 4.98 Å². The highest BCUT2D eigenvalue weighted by molar-refractivity contribution is 6.62. The predicted octanol–water partition coefficient (Wildman–Crippen LogP) is 3.87. The second kappa shape index (κ2) is 6.03. The molecule has 2 heterocycles. The fourth-order valence-electron chi connectivity index (χ4n) is 3.55. The van der Waals surface area contributed by atoms with E-state index in [0.717, 1.165) is 16.6 Å². The Morgan fingerprint density at radius 2 is 1.72 bits per heavy atom. The number of hydrogen-bond acceptors (Lipinski definition) is 5. The lowest BCUT2D eigenvalue weighted by atomic mass is 9.79. The van der Waals surface area contributed by atoms with Crippen molar-refractivity contribution in [1.82, 2.24) is 4.98 Å². The van der Waals surface area contributed by atoms with Crippen LogP contribution in [-0.4, -0.2) is 29.3 Å². The first-order valence-corrected chi connectivity index (χ1v) is 9.37. The molecule has 1 aliphatic heterocycles. The van der Waals surface area contributed by atoms with E-state index in [1.54, 1.807) is 0 Å². The van der Waals surface area contributed by atoms with Crippen LogP contribution < -0.4 is 10.8 Å². The van der Waals surface area contributed by atoms with E-state index in [-0.39, 0.29) is 18.3 Å². The van der Waals surface area contributed by atoms with Crippen LogP contribution in [0.4, 0.5) is 6.01 Å². The Bertz CT molecular complexity index is 749. The summed E-state index contributed by atoms with van der Waals surface area (Å²) in [5.74, 6) is 0. The molecule has 2 aromatic rings. The second-order valence-corrected chi connectivity index (χ2v) is 8.31. The maximum Gasteiger partial charge on any atom is 0.494 e. The van der Waals surface area contributed by atoms with Crippen LogP contribution in [0, 0.1) is 0 Å². The van der Waals surface area contributed by atoms with Crippen molar-refractivity contribution >= 4 is 29.7 Å². The predicted molar refractivity (Wildman–Crippen MR) is 100 cm³/mol. The molecule has 134 valence electrons. The molecule has 1 aliphatic carbocycles. The SMILES string of the molecule is CC1(C)OB(c2ccc3oc(NC4CCCCC4)nc3c2)OC1(C)C. The molecular formula is C19H27BN2O3. The summed E-state index contributed by atoms with van der Waals surface area (Å²) in [7, 11) is -0.374. The van der Waals surface area contributed by atoms with Gasteiger partial charge in [-0.15, -0.1) is 0 Å². The number of aromatic nitrogens is 1. The molecular weight excluding hydrogens is 315 g/mol. The van der Waals surface area contributed by atoms with Gasteiger partial charge in [0.1, 0.15) is 5.52 Å². The van der Waals surface area contributed by atoms with E-state index >= 15 is 0 Å². The summed E-state index contributed by atoms with van der Waals surface area (Å²) in [6.07, 6.45) is 6.28. The van der Waals surface area contributed by atoms with E-state index in [1.165, 1.54) is 32.1 Å². The van der Waals surface area contributed by atoms with Crippen molar-refractivity contribution in [3.05, 3.63) is 18.2 Å². The standard InChI is InChI=1S/C19H27BN2O3/c1-18(2)19(3,4)25-20(24-18)13-10-11-16-15(12-13)22-17(23-16)21-14-8-6-5-7-9-14/h10-12,14H,5-9H2,1-4H3,(H,21,22). The number of rotatable bonds is 3. The van der Waals surface area contributed by atoms with E-state index in [9.17, 15) is 0 Å². The summed E-state index contributed by atoms with van der Waals surface area (Å²) in [6.45, 7) is 8.25. The molecule has 0 atom stereocenters. The maximum atomic E-state index is 6.13. The number of nitrogens with zero attached hydrogens (tertiary/aromatic N) is 1. The number of anilines is 1. The molecule has 0 bridgehead atoms. The van der Waals surface area contributed by atoms with Crippen molar-refractivity contribution in [3.63, 3.8) is 0 Å². The van der Waals surface area contributed by atoms with E-state index in [1.807, 2.05) is 18.2 Å². The first kappa shape index (κ1) is 16.9. The molecule has 0 amide bonds. The van der Waals surface area contributed by atoms with Crippen LogP contribution in [0.1, 0.15) is 59.8 Å². The Kier molecular flexibility index (Phi) is 4.08. The van der Waals surface area contributed by atoms with Gasteiger partial charge in [-0.1, -0.05) is 25.3 Å². The molecule has 2 fully saturated rings. The minimum atomic E-state index is -0.374. The zero-order valence-corrected chi connectivity index (χ0v) is 15.6. The van der Waals surface area contributed by atoms with E-state index < -0.39 is 0 Å². The third-order valence-corrected chi connectivity index (χ3v) is 5.87. The average molecular weight is 342 g/mol. The molecule has 0 spiro atoms. The smallest absolute Gasteiger partial charge is 0.424 e. The molecule has 4 rings (SSSR count). The molecule has 2 aliphatic rings. The van der Waals surface area contributed by atoms with Crippen molar-refractivity contribution < 1.29 is 13.7 Å². The average Bonchev–Trinajstić information content (AvgIpc) is 3.04. The van der Waals surface area contributed by atoms with Crippen molar-refractivity contribution in [2.75, 3.05) is 5.32 Å². The third-order valence-electron chi connectivity index (χ3n) is 5.87. The van der Waals surface area contributed by atoms with Crippen molar-refractivity contribution in [2.24, 2.45) is 0 Å². The van der Waals surface area contributed by atoms with Crippen LogP contribution in [0.3, 0.4) is 0 Å². The van der Waals surface area contributed by atoms with Gasteiger partial charge in [0.05, 0.1) is 11.2 Å². The molecule has 1 saturated heterocycles. The molecule has 6 heteroatoms. The van der Waals surface area contributed by atoms with E-state index in [4.69, 9.17) is 13.7 Å². The number of oxazole rings is 1. The van der Waals surface area contributed by atoms with Gasteiger partial charge in [0.25, 0.3) is 6.01 Å². The Hall–Kier alpha value is -1.53. The molecule has 1 aromatic heterocycles. The topological polar surface area (TPSA) is 56.5 Å². The molecule has 0 unspecified atom stereocenters. The Labute approximate surface area is 149 Å². The zero-order valence-electron chi connectivity index (χ0n) is 15.6. The Balaban J connectivity index is 1.54. The highest BCUT2D eigenvalue weighted by atomic mass is 16.7. The molecule has 0 radical (unpaired) electrons. The summed E-state index contributed by atoms with van der Waals surface area (Å²) < 4.78 is 18.1. The minimum Gasteiger partial charge on any atom is -0.424 e. The van der Waals surface area contributed by atoms with Crippen molar-refractivity contribution in [3.8, 4) is 0 Å². The van der Waals surface area contributed by atoms with Crippen LogP contribution in [0.25, 0.3) is 11.1 Å². The lowest BCUT2D eigenvalue weighted by Gasteiger charge is -2.32. The number of nitrogens with one attached hydrogen (secondary N) is 1. The monoisotopic (exact) mass is 342 g/mol. The van der Waals surface area contributed by atoms with Gasteiger partial charge in [0, 0.05) is 6.04 Å². The van der Waals surface area contributed by atoms with Crippen molar-refractivity contribution in [2.45, 2.75) is 77.0 Å². The number of hydrogen-bond donors (Lipinski definition) is 1. The van der Waals surface area contributed by atoms with E-state index in [2.05, 4.69) is 38.0 Å². The summed E-state index contributed by atoms with van der Waals surface area (Å²) in [6, 6.07) is 7.05. The normalized spacial score (nSPS) is 23.3. The van der Waals surface area contributed by atoms with Gasteiger partial charge in [0.15, 0.2) is 5.58 Å². The number of benzene rings is 1. The first-order chi connectivity index (χ1) is 11.8. The first-order valence-electron chi connectivity index (χ1n) is 9.37. The lowest BCUT2D eigenvalue weighted by molar-refractivity contribution is 0.00578. The van der Waals surface area contributed by atoms with Gasteiger partial charge in [0.2, 0.25) is 0 Å². The quantitative estimate of drug-likeness (QED) is 0.858. The van der Waals surface area contributed by atoms with Gasteiger partial charge in [-0.3, -0.25) is 0 Å². The Morgan fingerprint density at radius 1 is 1.04 bits per heavy atom. The summed E-state index contributed by atoms with van der Waals surface area (Å²) in [5, 5.41) is 3.45. The molecule has 25 heavy (non-hydrogen) atoms. The third kappa shape index (κ3) is 3.18. The van der Waals surface area contributed by atoms with E-state index in [0.29, 0.717) is 12.1 Å². The maximum absolute atomic E-state index is 6.13. The van der Waals surface area contributed by atoms with Gasteiger partial charge in [-0.25, -0.2) is 0 Å². The van der Waals surface area contributed by atoms with Crippen molar-refractivity contribution in [1.29, 1.82) is 0 Å². The molecule has 5 nitrogen and oxygen atoms in total. The molecule has 1 N–H and O–H groups in total. The van der Waals surface area contributed by atoms with Gasteiger partial charge < -0.3 is 19.0 Å². The highest BCUT2D eigenvalue weighted by Crippen LogP contribution is 2.36. The van der Waals surface area contributed by atoms with Crippen LogP contribution >= 0.6 is 0 Å². The fraction of sp³-hybridized carbons (Fsp3) is 0.632. The van der Waals surface area contributed by atoms with Crippen LogP contribution in [0.5, 0.6) is 0 Å². The minimum absolute atomic E-state index is 0.343. The summed E-state index contributed by atoms with van der Waals surface area (Å²) in [4.78, 5) is 4.62. The highest BCUT2D eigenvalue weighted by Gasteiger charge is 2.51. The van der Waals surface area contributed by atoms with Gasteiger partial charge in [-0.05, 0) is 58.1 Å². The van der Waals surface area contributed by atoms with Crippen LogP contribution in [-0.2, 0) is 9.31 Å². The zero-order chi connectivity index (χ0) is 17.7. The van der Waals surface area contributed by atoms with Crippen LogP contribution in [0.15, 0.2) is 22.6 Å². The molecule has 1 saturated carbocycles. The van der Waals surface area contributed by atoms with Gasteiger partial charge >= 0.3 is 7.12 Å². The van der Waals surface area contributed by atoms with Crippen LogP contribution in [0.2, 0.25) is 0 Å². The largest absolute Gasteiger partial charge is 0.494 e. The Morgan fingerprint density at radius 3 is 2.40 bits per heavy atom. The second-order valence-electron chi connectivity index (χ2n) is 8.31. The molecule has 1 aromatic carbocycles. The lowest BCUT2D eigenvalue weighted by Crippen LogP contribution is -2.41. The summed E-state index contributed by atoms with van der Waals surface area (Å²) in [5.41, 5.74) is 1.92. The fourth-order valence-corrected chi connectivity index (χ4v) is 3.55. The summed E-state index contributed by atoms with van der Waals surface area (Å²) >= 11 is 0. The number of fused-ring (bicyclic) bond motifs is 1.